The molecule has 7 heteroatoms. The van der Waals surface area contributed by atoms with Gasteiger partial charge in [0.05, 0.1) is 6.04 Å². The fourth-order valence-corrected chi connectivity index (χ4v) is 1.75. The number of primary amides is 1. The van der Waals surface area contributed by atoms with Gasteiger partial charge in [-0.05, 0) is 23.6 Å². The van der Waals surface area contributed by atoms with Gasteiger partial charge in [-0.15, -0.1) is 0 Å². The molecule has 3 amide bonds. The quantitative estimate of drug-likeness (QED) is 0.612. The first kappa shape index (κ1) is 18.6. The lowest BCUT2D eigenvalue weighted by Crippen LogP contribution is -2.45. The Kier molecular flexibility index (Phi) is 6.27. The van der Waals surface area contributed by atoms with E-state index >= 15 is 0 Å². The summed E-state index contributed by atoms with van der Waals surface area (Å²) in [4.78, 5) is 34.7. The van der Waals surface area contributed by atoms with Gasteiger partial charge in [-0.1, -0.05) is 26.8 Å². The molecule has 126 valence electrons. The van der Waals surface area contributed by atoms with Gasteiger partial charge in [0.2, 0.25) is 11.8 Å². The highest BCUT2D eigenvalue weighted by atomic mass is 16.2. The fourth-order valence-electron chi connectivity index (χ4n) is 1.75. The summed E-state index contributed by atoms with van der Waals surface area (Å²) in [6, 6.07) is 5.82. The fraction of sp³-hybridized carbons (Fsp3) is 0.438. The Morgan fingerprint density at radius 3 is 2.43 bits per heavy atom. The highest BCUT2D eigenvalue weighted by Crippen LogP contribution is 2.19. The molecular formula is C16H24N4O3. The van der Waals surface area contributed by atoms with Crippen LogP contribution in [0.25, 0.3) is 0 Å². The Bertz CT molecular complexity index is 593. The zero-order valence-corrected chi connectivity index (χ0v) is 13.7. The largest absolute Gasteiger partial charge is 0.370 e. The number of nitrogens with one attached hydrogen (secondary N) is 2. The SMILES string of the molecule is CC(C)(C)[C@H](N)C(=O)Nc1cccc(C(=O)NCCC(N)=O)c1. The Labute approximate surface area is 135 Å². The molecule has 0 saturated carbocycles. The molecule has 7 nitrogen and oxygen atoms in total. The van der Waals surface area contributed by atoms with Gasteiger partial charge in [-0.25, -0.2) is 0 Å². The predicted octanol–water partition coefficient (Wildman–Crippen LogP) is 0.604. The molecule has 1 aromatic carbocycles. The third-order valence-electron chi connectivity index (χ3n) is 3.26. The maximum atomic E-state index is 12.1. The molecule has 23 heavy (non-hydrogen) atoms. The molecule has 0 spiro atoms. The first-order chi connectivity index (χ1) is 10.6. The van der Waals surface area contributed by atoms with Crippen LogP contribution in [0.5, 0.6) is 0 Å². The smallest absolute Gasteiger partial charge is 0.251 e. The van der Waals surface area contributed by atoms with E-state index in [-0.39, 0.29) is 30.2 Å². The number of rotatable bonds is 6. The molecule has 1 atom stereocenters. The highest BCUT2D eigenvalue weighted by Gasteiger charge is 2.27. The Morgan fingerprint density at radius 2 is 1.87 bits per heavy atom. The van der Waals surface area contributed by atoms with Gasteiger partial charge in [0.25, 0.3) is 5.91 Å². The normalized spacial score (nSPS) is 12.3. The van der Waals surface area contributed by atoms with Crippen LogP contribution in [0.15, 0.2) is 24.3 Å². The first-order valence-corrected chi connectivity index (χ1v) is 7.34. The molecule has 0 heterocycles. The molecule has 0 aliphatic heterocycles. The topological polar surface area (TPSA) is 127 Å². The van der Waals surface area contributed by atoms with E-state index in [1.807, 2.05) is 20.8 Å². The number of carbonyl (C=O) groups is 3. The molecule has 6 N–H and O–H groups in total. The van der Waals surface area contributed by atoms with Crippen molar-refractivity contribution in [2.75, 3.05) is 11.9 Å². The average Bonchev–Trinajstić information content (AvgIpc) is 2.45. The van der Waals surface area contributed by atoms with E-state index in [1.165, 1.54) is 0 Å². The van der Waals surface area contributed by atoms with E-state index in [0.29, 0.717) is 11.3 Å². The minimum absolute atomic E-state index is 0.0720. The second-order valence-corrected chi connectivity index (χ2v) is 6.39. The summed E-state index contributed by atoms with van der Waals surface area (Å²) in [5, 5.41) is 5.28. The molecule has 1 rings (SSSR count). The van der Waals surface area contributed by atoms with Crippen LogP contribution in [0.1, 0.15) is 37.6 Å². The van der Waals surface area contributed by atoms with Gasteiger partial charge in [-0.2, -0.15) is 0 Å². The standard InChI is InChI=1S/C16H24N4O3/c1-16(2,3)13(18)15(23)20-11-6-4-5-10(9-11)14(22)19-8-7-12(17)21/h4-6,9,13H,7-8,18H2,1-3H3,(H2,17,21)(H,19,22)(H,20,23)/t13-/m1/s1. The predicted molar refractivity (Wildman–Crippen MR) is 88.6 cm³/mol. The van der Waals surface area contributed by atoms with Gasteiger partial charge >= 0.3 is 0 Å². The van der Waals surface area contributed by atoms with Gasteiger partial charge in [-0.3, -0.25) is 14.4 Å². The van der Waals surface area contributed by atoms with Crippen molar-refractivity contribution in [2.24, 2.45) is 16.9 Å². The van der Waals surface area contributed by atoms with Crippen LogP contribution in [0.2, 0.25) is 0 Å². The lowest BCUT2D eigenvalue weighted by molar-refractivity contribution is -0.119. The van der Waals surface area contributed by atoms with Crippen LogP contribution >= 0.6 is 0 Å². The van der Waals surface area contributed by atoms with E-state index in [4.69, 9.17) is 11.5 Å². The van der Waals surface area contributed by atoms with E-state index < -0.39 is 11.9 Å². The maximum absolute atomic E-state index is 12.1. The maximum Gasteiger partial charge on any atom is 0.251 e. The van der Waals surface area contributed by atoms with Crippen LogP contribution in [0.4, 0.5) is 5.69 Å². The van der Waals surface area contributed by atoms with E-state index in [0.717, 1.165) is 0 Å². The van der Waals surface area contributed by atoms with Crippen LogP contribution in [-0.4, -0.2) is 30.3 Å². The van der Waals surface area contributed by atoms with E-state index in [9.17, 15) is 14.4 Å². The van der Waals surface area contributed by atoms with Gasteiger partial charge in [0.1, 0.15) is 0 Å². The molecule has 0 bridgehead atoms. The van der Waals surface area contributed by atoms with Gasteiger partial charge in [0, 0.05) is 24.2 Å². The number of amides is 3. The Hall–Kier alpha value is -2.41. The summed E-state index contributed by atoms with van der Waals surface area (Å²) >= 11 is 0. The van der Waals surface area contributed by atoms with E-state index in [1.54, 1.807) is 24.3 Å². The second-order valence-electron chi connectivity index (χ2n) is 6.39. The van der Waals surface area contributed by atoms with Crippen molar-refractivity contribution in [3.63, 3.8) is 0 Å². The zero-order valence-electron chi connectivity index (χ0n) is 13.7. The summed E-state index contributed by atoms with van der Waals surface area (Å²) in [7, 11) is 0. The number of anilines is 1. The summed E-state index contributed by atoms with van der Waals surface area (Å²) in [6.45, 7) is 5.79. The third-order valence-corrected chi connectivity index (χ3v) is 3.26. The molecule has 0 aliphatic carbocycles. The number of hydrogen-bond donors (Lipinski definition) is 4. The van der Waals surface area contributed by atoms with Crippen molar-refractivity contribution in [2.45, 2.75) is 33.2 Å². The third kappa shape index (κ3) is 6.07. The number of hydrogen-bond acceptors (Lipinski definition) is 4. The van der Waals surface area contributed by atoms with Crippen LogP contribution in [-0.2, 0) is 9.59 Å². The lowest BCUT2D eigenvalue weighted by atomic mass is 9.87. The summed E-state index contributed by atoms with van der Waals surface area (Å²) < 4.78 is 0. The number of carbonyl (C=O) groups excluding carboxylic acids is 3. The number of benzene rings is 1. The van der Waals surface area contributed by atoms with Gasteiger partial charge in [0.15, 0.2) is 0 Å². The van der Waals surface area contributed by atoms with Crippen molar-refractivity contribution < 1.29 is 14.4 Å². The van der Waals surface area contributed by atoms with Crippen molar-refractivity contribution in [3.8, 4) is 0 Å². The minimum Gasteiger partial charge on any atom is -0.370 e. The van der Waals surface area contributed by atoms with Crippen LogP contribution in [0, 0.1) is 5.41 Å². The van der Waals surface area contributed by atoms with Crippen LogP contribution < -0.4 is 22.1 Å². The Morgan fingerprint density at radius 1 is 1.22 bits per heavy atom. The molecule has 0 radical (unpaired) electrons. The number of nitrogens with two attached hydrogens (primary N) is 2. The monoisotopic (exact) mass is 320 g/mol. The molecule has 0 aliphatic rings. The molecular weight excluding hydrogens is 296 g/mol. The van der Waals surface area contributed by atoms with Crippen molar-refractivity contribution >= 4 is 23.4 Å². The molecule has 0 saturated heterocycles. The minimum atomic E-state index is -0.671. The molecule has 1 aromatic rings. The van der Waals surface area contributed by atoms with Crippen molar-refractivity contribution in [1.29, 1.82) is 0 Å². The summed E-state index contributed by atoms with van der Waals surface area (Å²) in [6.07, 6.45) is 0.0720. The van der Waals surface area contributed by atoms with E-state index in [2.05, 4.69) is 10.6 Å². The van der Waals surface area contributed by atoms with Crippen molar-refractivity contribution in [1.82, 2.24) is 5.32 Å². The zero-order chi connectivity index (χ0) is 17.6. The first-order valence-electron chi connectivity index (χ1n) is 7.34. The summed E-state index contributed by atoms with van der Waals surface area (Å²) in [5.41, 5.74) is 11.4. The summed E-state index contributed by atoms with van der Waals surface area (Å²) in [5.74, 6) is -1.14. The average molecular weight is 320 g/mol. The Balaban J connectivity index is 2.71. The molecule has 0 unspecified atom stereocenters. The molecule has 0 aromatic heterocycles. The highest BCUT2D eigenvalue weighted by molar-refractivity contribution is 5.98. The molecule has 0 fully saturated rings. The second kappa shape index (κ2) is 7.73. The van der Waals surface area contributed by atoms with Crippen LogP contribution in [0.3, 0.4) is 0 Å². The van der Waals surface area contributed by atoms with Crippen molar-refractivity contribution in [3.05, 3.63) is 29.8 Å². The lowest BCUT2D eigenvalue weighted by Gasteiger charge is -2.25. The van der Waals surface area contributed by atoms with Gasteiger partial charge < -0.3 is 22.1 Å².